The normalized spacial score (nSPS) is 18.7. The van der Waals surface area contributed by atoms with Gasteiger partial charge >= 0.3 is 0 Å². The zero-order valence-corrected chi connectivity index (χ0v) is 17.8. The van der Waals surface area contributed by atoms with Crippen molar-refractivity contribution in [1.29, 1.82) is 0 Å². The van der Waals surface area contributed by atoms with Crippen molar-refractivity contribution in [2.45, 2.75) is 19.9 Å². The maximum atomic E-state index is 6.13. The number of aromatic nitrogens is 4. The summed E-state index contributed by atoms with van der Waals surface area (Å²) in [6.07, 6.45) is 2.68. The second-order valence-corrected chi connectivity index (χ2v) is 7.94. The largest absolute Gasteiger partial charge is 0.492 e. The minimum absolute atomic E-state index is 0.354. The second kappa shape index (κ2) is 8.26. The van der Waals surface area contributed by atoms with E-state index in [1.807, 2.05) is 41.0 Å². The van der Waals surface area contributed by atoms with Crippen LogP contribution in [0.5, 0.6) is 5.75 Å². The Morgan fingerprint density at radius 2 is 2.14 bits per heavy atom. The third kappa shape index (κ3) is 4.01. The summed E-state index contributed by atoms with van der Waals surface area (Å²) < 4.78 is 14.8. The average Bonchev–Trinajstić information content (AvgIpc) is 3.18. The smallest absolute Gasteiger partial charge is 0.226 e. The fourth-order valence-electron chi connectivity index (χ4n) is 3.02. The average molecular weight is 489 g/mol. The van der Waals surface area contributed by atoms with Crippen molar-refractivity contribution in [1.82, 2.24) is 19.7 Å². The molecule has 8 heteroatoms. The molecule has 3 heterocycles. The lowest BCUT2D eigenvalue weighted by atomic mass is 10.1. The van der Waals surface area contributed by atoms with Crippen LogP contribution in [-0.2, 0) is 11.3 Å². The van der Waals surface area contributed by atoms with Crippen molar-refractivity contribution >= 4 is 34.3 Å². The summed E-state index contributed by atoms with van der Waals surface area (Å²) in [6.45, 7) is 3.57. The van der Waals surface area contributed by atoms with Crippen LogP contribution in [0.4, 0.5) is 5.82 Å². The molecule has 28 heavy (non-hydrogen) atoms. The summed E-state index contributed by atoms with van der Waals surface area (Å²) in [7, 11) is 1.61. The summed E-state index contributed by atoms with van der Waals surface area (Å²) in [4.78, 5) is 9.29. The summed E-state index contributed by atoms with van der Waals surface area (Å²) >= 11 is 2.27. The molecule has 0 spiro atoms. The predicted molar refractivity (Wildman–Crippen MR) is 115 cm³/mol. The molecule has 0 aliphatic carbocycles. The van der Waals surface area contributed by atoms with Crippen molar-refractivity contribution in [3.05, 3.63) is 51.9 Å². The fourth-order valence-corrected chi connectivity index (χ4v) is 3.51. The summed E-state index contributed by atoms with van der Waals surface area (Å²) in [6, 6.07) is 11.7. The molecule has 0 radical (unpaired) electrons. The first-order valence-electron chi connectivity index (χ1n) is 9.04. The highest BCUT2D eigenvalue weighted by molar-refractivity contribution is 14.1. The predicted octanol–water partition coefficient (Wildman–Crippen LogP) is 4.09. The molecule has 0 saturated carbocycles. The van der Waals surface area contributed by atoms with E-state index in [0.29, 0.717) is 24.2 Å². The van der Waals surface area contributed by atoms with Crippen LogP contribution in [-0.4, -0.2) is 39.4 Å². The molecule has 1 aliphatic heterocycles. The maximum Gasteiger partial charge on any atom is 0.226 e. The van der Waals surface area contributed by atoms with Gasteiger partial charge in [-0.15, -0.1) is 10.2 Å². The number of ether oxygens (including phenoxy) is 2. The maximum absolute atomic E-state index is 6.13. The zero-order valence-electron chi connectivity index (χ0n) is 15.7. The number of halogens is 1. The zero-order chi connectivity index (χ0) is 19.5. The van der Waals surface area contributed by atoms with Gasteiger partial charge in [-0.05, 0) is 65.3 Å². The van der Waals surface area contributed by atoms with Crippen molar-refractivity contribution in [3.8, 4) is 17.3 Å². The monoisotopic (exact) mass is 489 g/mol. The Morgan fingerprint density at radius 1 is 1.25 bits per heavy atom. The summed E-state index contributed by atoms with van der Waals surface area (Å²) in [5.41, 5.74) is 1.55. The van der Waals surface area contributed by atoms with Gasteiger partial charge in [0, 0.05) is 10.1 Å². The SMILES string of the molecule is CO/C1=N\c2cccc(n2)-c2nncn2CC[C@@H](C)COc2ccc(I)cc21. The third-order valence-corrected chi connectivity index (χ3v) is 5.22. The molecule has 144 valence electrons. The van der Waals surface area contributed by atoms with Gasteiger partial charge in [-0.25, -0.2) is 4.98 Å². The molecule has 1 aromatic carbocycles. The molecule has 0 saturated heterocycles. The number of hydrogen-bond donors (Lipinski definition) is 0. The Morgan fingerprint density at radius 3 is 3.00 bits per heavy atom. The first-order valence-corrected chi connectivity index (χ1v) is 10.1. The summed E-state index contributed by atoms with van der Waals surface area (Å²) in [5.74, 6) is 2.85. The van der Waals surface area contributed by atoms with E-state index in [4.69, 9.17) is 9.47 Å². The van der Waals surface area contributed by atoms with Gasteiger partial charge in [0.25, 0.3) is 0 Å². The molecule has 0 N–H and O–H groups in total. The van der Waals surface area contributed by atoms with Gasteiger partial charge in [-0.2, -0.15) is 4.99 Å². The molecule has 1 atom stereocenters. The number of aliphatic imine (C=N–C) groups is 1. The quantitative estimate of drug-likeness (QED) is 0.445. The Hall–Kier alpha value is -2.49. The van der Waals surface area contributed by atoms with E-state index in [-0.39, 0.29) is 0 Å². The number of rotatable bonds is 0. The minimum Gasteiger partial charge on any atom is -0.492 e. The molecule has 4 rings (SSSR count). The van der Waals surface area contributed by atoms with E-state index in [1.165, 1.54) is 0 Å². The van der Waals surface area contributed by atoms with E-state index >= 15 is 0 Å². The molecule has 2 aromatic heterocycles. The van der Waals surface area contributed by atoms with Crippen LogP contribution in [0.15, 0.2) is 47.7 Å². The Balaban J connectivity index is 1.86. The van der Waals surface area contributed by atoms with Gasteiger partial charge in [-0.3, -0.25) is 0 Å². The lowest BCUT2D eigenvalue weighted by molar-refractivity contribution is 0.246. The second-order valence-electron chi connectivity index (χ2n) is 6.70. The van der Waals surface area contributed by atoms with E-state index in [9.17, 15) is 0 Å². The van der Waals surface area contributed by atoms with Crippen LogP contribution < -0.4 is 4.74 Å². The van der Waals surface area contributed by atoms with Gasteiger partial charge in [0.05, 0.1) is 19.3 Å². The van der Waals surface area contributed by atoms with Crippen LogP contribution in [0, 0.1) is 9.49 Å². The van der Waals surface area contributed by atoms with Crippen molar-refractivity contribution in [2.75, 3.05) is 13.7 Å². The van der Waals surface area contributed by atoms with Gasteiger partial charge in [0.2, 0.25) is 5.90 Å². The third-order valence-electron chi connectivity index (χ3n) is 4.55. The van der Waals surface area contributed by atoms with Crippen molar-refractivity contribution in [3.63, 3.8) is 0 Å². The minimum atomic E-state index is 0.354. The van der Waals surface area contributed by atoms with Crippen LogP contribution in [0.3, 0.4) is 0 Å². The van der Waals surface area contributed by atoms with Gasteiger partial charge in [0.1, 0.15) is 17.8 Å². The number of benzene rings is 1. The molecular formula is C20H20IN5O2. The van der Waals surface area contributed by atoms with Gasteiger partial charge in [0.15, 0.2) is 11.6 Å². The standard InChI is InChI=1S/C20H20IN5O2/c1-13-8-9-26-12-22-25-19(26)16-4-3-5-18(23-16)24-20(27-2)15-10-14(21)6-7-17(15)28-11-13/h3-7,10,12-13H,8-9,11H2,1-2H3/b24-20-/t13-/m1/s1. The Labute approximate surface area is 177 Å². The van der Waals surface area contributed by atoms with E-state index < -0.39 is 0 Å². The van der Waals surface area contributed by atoms with Crippen LogP contribution in [0.25, 0.3) is 11.5 Å². The number of methoxy groups -OCH3 is 1. The first-order chi connectivity index (χ1) is 13.6. The molecule has 0 amide bonds. The highest BCUT2D eigenvalue weighted by atomic mass is 127. The molecular weight excluding hydrogens is 469 g/mol. The van der Waals surface area contributed by atoms with Crippen LogP contribution in [0.2, 0.25) is 0 Å². The molecule has 7 nitrogen and oxygen atoms in total. The topological polar surface area (TPSA) is 74.4 Å². The molecule has 2 bridgehead atoms. The molecule has 0 unspecified atom stereocenters. The highest BCUT2D eigenvalue weighted by Crippen LogP contribution is 2.26. The lowest BCUT2D eigenvalue weighted by Crippen LogP contribution is -2.15. The number of fused-ring (bicyclic) bond motifs is 5. The highest BCUT2D eigenvalue weighted by Gasteiger charge is 2.17. The Kier molecular flexibility index (Phi) is 5.56. The molecule has 3 aromatic rings. The Bertz CT molecular complexity index is 1020. The number of pyridine rings is 1. The lowest BCUT2D eigenvalue weighted by Gasteiger charge is -2.17. The van der Waals surface area contributed by atoms with E-state index in [2.05, 4.69) is 49.7 Å². The summed E-state index contributed by atoms with van der Waals surface area (Å²) in [5, 5.41) is 8.31. The van der Waals surface area contributed by atoms with Crippen molar-refractivity contribution < 1.29 is 9.47 Å². The number of nitrogens with zero attached hydrogens (tertiary/aromatic N) is 5. The van der Waals surface area contributed by atoms with Crippen LogP contribution in [0.1, 0.15) is 18.9 Å². The van der Waals surface area contributed by atoms with E-state index in [1.54, 1.807) is 13.4 Å². The van der Waals surface area contributed by atoms with Crippen molar-refractivity contribution in [2.24, 2.45) is 10.9 Å². The van der Waals surface area contributed by atoms with Gasteiger partial charge < -0.3 is 14.0 Å². The molecule has 0 fully saturated rings. The van der Waals surface area contributed by atoms with Gasteiger partial charge in [-0.1, -0.05) is 13.0 Å². The van der Waals surface area contributed by atoms with Crippen LogP contribution >= 0.6 is 22.6 Å². The van der Waals surface area contributed by atoms with E-state index in [0.717, 1.165) is 39.4 Å². The first kappa shape index (κ1) is 18.9. The number of hydrogen-bond acceptors (Lipinski definition) is 6. The molecule has 1 aliphatic rings. The number of aryl methyl sites for hydroxylation is 1. The fraction of sp³-hybridized carbons (Fsp3) is 0.300.